The van der Waals surface area contributed by atoms with Crippen molar-refractivity contribution in [2.75, 3.05) is 0 Å². The fourth-order valence-electron chi connectivity index (χ4n) is 1.63. The highest BCUT2D eigenvalue weighted by Gasteiger charge is 2.09. The molecule has 2 rings (SSSR count). The molecule has 11 heavy (non-hydrogen) atoms. The van der Waals surface area contributed by atoms with E-state index in [9.17, 15) is 0 Å². The molecule has 1 aromatic heterocycles. The molecule has 0 saturated heterocycles. The topological polar surface area (TPSA) is 12.9 Å². The van der Waals surface area contributed by atoms with Gasteiger partial charge in [-0.25, -0.2) is 0 Å². The van der Waals surface area contributed by atoms with Gasteiger partial charge in [0.25, 0.3) is 0 Å². The predicted molar refractivity (Wildman–Crippen MR) is 45.3 cm³/mol. The maximum absolute atomic E-state index is 4.40. The number of aromatic nitrogens is 1. The molecule has 0 atom stereocenters. The second kappa shape index (κ2) is 2.65. The first-order valence-electron chi connectivity index (χ1n) is 4.17. The molecule has 0 N–H and O–H groups in total. The molecule has 0 bridgehead atoms. The molecular weight excluding hydrogens is 134 g/mol. The minimum Gasteiger partial charge on any atom is -0.258 e. The lowest BCUT2D eigenvalue weighted by atomic mass is 9.96. The van der Waals surface area contributed by atoms with Crippen LogP contribution in [-0.2, 0) is 12.8 Å². The van der Waals surface area contributed by atoms with E-state index >= 15 is 0 Å². The zero-order valence-electron chi connectivity index (χ0n) is 6.64. The summed E-state index contributed by atoms with van der Waals surface area (Å²) in [6.07, 6.45) is 4.98. The molecule has 1 aromatic rings. The number of rotatable bonds is 0. The largest absolute Gasteiger partial charge is 0.258 e. The molecule has 0 aliphatic heterocycles. The van der Waals surface area contributed by atoms with Crippen LogP contribution in [0.4, 0.5) is 0 Å². The number of aryl methyl sites for hydroxylation is 2. The molecular formula is C10H12N. The van der Waals surface area contributed by atoms with Gasteiger partial charge in [-0.15, -0.1) is 0 Å². The minimum atomic E-state index is 0.908. The van der Waals surface area contributed by atoms with Crippen LogP contribution in [0, 0.1) is 6.92 Å². The minimum absolute atomic E-state index is 0.908. The lowest BCUT2D eigenvalue weighted by Crippen LogP contribution is -2.05. The summed E-state index contributed by atoms with van der Waals surface area (Å²) in [5.41, 5.74) is 3.62. The molecule has 57 valence electrons. The molecule has 0 aromatic carbocycles. The number of fused-ring (bicyclic) bond motifs is 1. The standard InChI is InChI=1S/C10H12N/c1-8-6-7-9-4-2-3-5-10(9)11-8/h6-7H,1-5H2. The van der Waals surface area contributed by atoms with Gasteiger partial charge in [-0.2, -0.15) is 0 Å². The highest BCUT2D eigenvalue weighted by atomic mass is 14.7. The lowest BCUT2D eigenvalue weighted by molar-refractivity contribution is 0.666. The van der Waals surface area contributed by atoms with Crippen LogP contribution in [0.2, 0.25) is 0 Å². The molecule has 0 fully saturated rings. The SMILES string of the molecule is [CH2]c1ccc2c(n1)CCCC2. The van der Waals surface area contributed by atoms with Gasteiger partial charge >= 0.3 is 0 Å². The Kier molecular flexibility index (Phi) is 1.65. The molecule has 0 unspecified atom stereocenters. The average molecular weight is 146 g/mol. The molecule has 0 spiro atoms. The van der Waals surface area contributed by atoms with Crippen molar-refractivity contribution in [3.8, 4) is 0 Å². The van der Waals surface area contributed by atoms with Crippen molar-refractivity contribution in [3.05, 3.63) is 36.0 Å². The van der Waals surface area contributed by atoms with Crippen LogP contribution in [-0.4, -0.2) is 4.98 Å². The Morgan fingerprint density at radius 2 is 2.00 bits per heavy atom. The number of hydrogen-bond donors (Lipinski definition) is 0. The Labute approximate surface area is 67.5 Å². The Bertz CT molecular complexity index is 266. The fourth-order valence-corrected chi connectivity index (χ4v) is 1.63. The summed E-state index contributed by atoms with van der Waals surface area (Å²) in [4.78, 5) is 4.40. The van der Waals surface area contributed by atoms with Gasteiger partial charge < -0.3 is 0 Å². The first-order valence-corrected chi connectivity index (χ1v) is 4.17. The fraction of sp³-hybridized carbons (Fsp3) is 0.400. The maximum atomic E-state index is 4.40. The Morgan fingerprint density at radius 1 is 1.18 bits per heavy atom. The monoisotopic (exact) mass is 146 g/mol. The van der Waals surface area contributed by atoms with Crippen LogP contribution in [0.25, 0.3) is 0 Å². The second-order valence-electron chi connectivity index (χ2n) is 3.12. The molecule has 1 nitrogen and oxygen atoms in total. The zero-order valence-corrected chi connectivity index (χ0v) is 6.64. The summed E-state index contributed by atoms with van der Waals surface area (Å²) in [5, 5.41) is 0. The van der Waals surface area contributed by atoms with Gasteiger partial charge in [0, 0.05) is 11.4 Å². The van der Waals surface area contributed by atoms with Gasteiger partial charge in [-0.3, -0.25) is 4.98 Å². The third kappa shape index (κ3) is 1.28. The number of nitrogens with zero attached hydrogens (tertiary/aromatic N) is 1. The van der Waals surface area contributed by atoms with E-state index < -0.39 is 0 Å². The summed E-state index contributed by atoms with van der Waals surface area (Å²) in [5.74, 6) is 0. The van der Waals surface area contributed by atoms with Crippen molar-refractivity contribution < 1.29 is 0 Å². The van der Waals surface area contributed by atoms with Crippen molar-refractivity contribution in [3.63, 3.8) is 0 Å². The third-order valence-electron chi connectivity index (χ3n) is 2.24. The Morgan fingerprint density at radius 3 is 2.91 bits per heavy atom. The van der Waals surface area contributed by atoms with E-state index in [1.165, 1.54) is 30.5 Å². The van der Waals surface area contributed by atoms with E-state index in [0.717, 1.165) is 12.1 Å². The van der Waals surface area contributed by atoms with Gasteiger partial charge in [-0.05, 0) is 44.2 Å². The molecule has 0 amide bonds. The quantitative estimate of drug-likeness (QED) is 0.546. The van der Waals surface area contributed by atoms with Gasteiger partial charge in [-0.1, -0.05) is 6.07 Å². The second-order valence-corrected chi connectivity index (χ2v) is 3.12. The van der Waals surface area contributed by atoms with Crippen molar-refractivity contribution in [1.82, 2.24) is 4.98 Å². The van der Waals surface area contributed by atoms with E-state index in [2.05, 4.69) is 18.0 Å². The van der Waals surface area contributed by atoms with Crippen LogP contribution in [0.1, 0.15) is 29.8 Å². The zero-order chi connectivity index (χ0) is 7.68. The summed E-state index contributed by atoms with van der Waals surface area (Å²) >= 11 is 0. The van der Waals surface area contributed by atoms with E-state index in [4.69, 9.17) is 0 Å². The molecule has 1 heterocycles. The van der Waals surface area contributed by atoms with Gasteiger partial charge in [0.05, 0.1) is 0 Å². The molecule has 0 saturated carbocycles. The molecule has 1 radical (unpaired) electrons. The van der Waals surface area contributed by atoms with Crippen molar-refractivity contribution >= 4 is 0 Å². The summed E-state index contributed by atoms with van der Waals surface area (Å²) in [6.45, 7) is 3.82. The van der Waals surface area contributed by atoms with Crippen LogP contribution >= 0.6 is 0 Å². The van der Waals surface area contributed by atoms with Crippen LogP contribution in [0.3, 0.4) is 0 Å². The van der Waals surface area contributed by atoms with Crippen LogP contribution in [0.15, 0.2) is 12.1 Å². The maximum Gasteiger partial charge on any atom is 0.0438 e. The smallest absolute Gasteiger partial charge is 0.0438 e. The van der Waals surface area contributed by atoms with Crippen molar-refractivity contribution in [2.45, 2.75) is 25.7 Å². The highest BCUT2D eigenvalue weighted by Crippen LogP contribution is 2.18. The van der Waals surface area contributed by atoms with Crippen LogP contribution in [0.5, 0.6) is 0 Å². The van der Waals surface area contributed by atoms with Gasteiger partial charge in [0.15, 0.2) is 0 Å². The van der Waals surface area contributed by atoms with E-state index in [0.29, 0.717) is 0 Å². The van der Waals surface area contributed by atoms with E-state index in [1.807, 2.05) is 6.07 Å². The summed E-state index contributed by atoms with van der Waals surface area (Å²) in [6, 6.07) is 4.17. The highest BCUT2D eigenvalue weighted by molar-refractivity contribution is 5.26. The lowest BCUT2D eigenvalue weighted by Gasteiger charge is -2.14. The first kappa shape index (κ1) is 6.84. The van der Waals surface area contributed by atoms with Gasteiger partial charge in [0.1, 0.15) is 0 Å². The molecule has 1 aliphatic carbocycles. The van der Waals surface area contributed by atoms with Gasteiger partial charge in [0.2, 0.25) is 0 Å². The summed E-state index contributed by atoms with van der Waals surface area (Å²) in [7, 11) is 0. The molecule has 1 heteroatoms. The molecule has 1 aliphatic rings. The third-order valence-corrected chi connectivity index (χ3v) is 2.24. The average Bonchev–Trinajstić information content (AvgIpc) is 2.04. The predicted octanol–water partition coefficient (Wildman–Crippen LogP) is 2.14. The Hall–Kier alpha value is -0.850. The first-order chi connectivity index (χ1) is 5.36. The Balaban J connectivity index is 2.43. The number of pyridine rings is 1. The number of hydrogen-bond acceptors (Lipinski definition) is 1. The summed E-state index contributed by atoms with van der Waals surface area (Å²) < 4.78 is 0. The van der Waals surface area contributed by atoms with E-state index in [-0.39, 0.29) is 0 Å². The van der Waals surface area contributed by atoms with E-state index in [1.54, 1.807) is 0 Å². The van der Waals surface area contributed by atoms with Crippen molar-refractivity contribution in [1.29, 1.82) is 0 Å². The van der Waals surface area contributed by atoms with Crippen molar-refractivity contribution in [2.24, 2.45) is 0 Å². The van der Waals surface area contributed by atoms with Crippen LogP contribution < -0.4 is 0 Å². The normalized spacial score (nSPS) is 16.1.